The van der Waals surface area contributed by atoms with Gasteiger partial charge in [0.1, 0.15) is 5.01 Å². The minimum atomic E-state index is -0.264. The molecule has 0 atom stereocenters. The molecule has 3 rings (SSSR count). The molecule has 0 bridgehead atoms. The first-order valence-electron chi connectivity index (χ1n) is 6.72. The van der Waals surface area contributed by atoms with Gasteiger partial charge in [-0.1, -0.05) is 29.0 Å². The van der Waals surface area contributed by atoms with E-state index in [0.717, 1.165) is 15.7 Å². The molecule has 8 heteroatoms. The summed E-state index contributed by atoms with van der Waals surface area (Å²) in [6, 6.07) is 6.75. The highest BCUT2D eigenvalue weighted by molar-refractivity contribution is 7.16. The Balaban J connectivity index is 1.49. The van der Waals surface area contributed by atoms with Crippen molar-refractivity contribution in [3.63, 3.8) is 0 Å². The maximum absolute atomic E-state index is 11.8. The van der Waals surface area contributed by atoms with Gasteiger partial charge in [-0.2, -0.15) is 5.10 Å². The average Bonchev–Trinajstić information content (AvgIpc) is 2.95. The lowest BCUT2D eigenvalue weighted by Gasteiger charge is -2.06. The second kappa shape index (κ2) is 6.33. The first-order chi connectivity index (χ1) is 10.6. The number of aryl methyl sites for hydroxylation is 1. The highest BCUT2D eigenvalue weighted by Gasteiger charge is 2.07. The molecule has 0 aliphatic rings. The van der Waals surface area contributed by atoms with Crippen molar-refractivity contribution in [3.8, 4) is 0 Å². The Kier molecular flexibility index (Phi) is 4.26. The fourth-order valence-corrected chi connectivity index (χ4v) is 3.09. The second-order valence-electron chi connectivity index (χ2n) is 4.75. The van der Waals surface area contributed by atoms with Crippen LogP contribution < -0.4 is 10.6 Å². The van der Waals surface area contributed by atoms with Crippen LogP contribution >= 0.6 is 22.9 Å². The molecule has 1 aromatic carbocycles. The van der Waals surface area contributed by atoms with E-state index in [1.807, 2.05) is 13.1 Å². The maximum Gasteiger partial charge on any atom is 0.319 e. The highest BCUT2D eigenvalue weighted by atomic mass is 35.5. The zero-order valence-electron chi connectivity index (χ0n) is 11.8. The number of hydrogen-bond donors (Lipinski definition) is 2. The van der Waals surface area contributed by atoms with Crippen LogP contribution in [-0.4, -0.2) is 27.2 Å². The lowest BCUT2D eigenvalue weighted by atomic mass is 10.3. The predicted octanol–water partition coefficient (Wildman–Crippen LogP) is 3.12. The number of nitrogens with one attached hydrogen (secondary N) is 2. The molecular formula is C14H14ClN5OS. The van der Waals surface area contributed by atoms with E-state index in [1.54, 1.807) is 28.8 Å². The molecule has 0 fully saturated rings. The Bertz CT molecular complexity index is 781. The van der Waals surface area contributed by atoms with Gasteiger partial charge >= 0.3 is 6.03 Å². The van der Waals surface area contributed by atoms with Gasteiger partial charge in [-0.05, 0) is 25.1 Å². The van der Waals surface area contributed by atoms with Crippen molar-refractivity contribution in [1.29, 1.82) is 0 Å². The van der Waals surface area contributed by atoms with E-state index in [0.29, 0.717) is 23.7 Å². The van der Waals surface area contributed by atoms with Crippen LogP contribution in [0.4, 0.5) is 10.5 Å². The summed E-state index contributed by atoms with van der Waals surface area (Å²) in [6.07, 6.45) is 2.55. The summed E-state index contributed by atoms with van der Waals surface area (Å²) < 4.78 is 1.77. The number of amides is 2. The number of hydrogen-bond acceptors (Lipinski definition) is 4. The number of carbonyl (C=O) groups excluding carboxylic acids is 1. The van der Waals surface area contributed by atoms with Crippen molar-refractivity contribution < 1.29 is 4.79 Å². The largest absolute Gasteiger partial charge is 0.337 e. The van der Waals surface area contributed by atoms with Crippen LogP contribution in [0, 0.1) is 6.92 Å². The average molecular weight is 336 g/mol. The molecule has 2 aromatic heterocycles. The smallest absolute Gasteiger partial charge is 0.319 e. The summed E-state index contributed by atoms with van der Waals surface area (Å²) >= 11 is 7.39. The van der Waals surface area contributed by atoms with Gasteiger partial charge in [0, 0.05) is 23.7 Å². The standard InChI is InChI=1S/C14H14ClN5OS/c1-9-8-20-14(17-9)22-12(19-20)5-6-16-13(21)18-11-4-2-3-10(15)7-11/h2-4,7-8H,5-6H2,1H3,(H2,16,18,21). The number of fused-ring (bicyclic) bond motifs is 1. The van der Waals surface area contributed by atoms with E-state index >= 15 is 0 Å². The van der Waals surface area contributed by atoms with Gasteiger partial charge in [0.2, 0.25) is 4.96 Å². The fraction of sp³-hybridized carbons (Fsp3) is 0.214. The van der Waals surface area contributed by atoms with E-state index in [1.165, 1.54) is 11.3 Å². The van der Waals surface area contributed by atoms with Crippen molar-refractivity contribution in [2.24, 2.45) is 0 Å². The molecule has 22 heavy (non-hydrogen) atoms. The molecule has 0 saturated heterocycles. The Morgan fingerprint density at radius 2 is 2.32 bits per heavy atom. The van der Waals surface area contributed by atoms with Crippen molar-refractivity contribution >= 4 is 39.6 Å². The fourth-order valence-electron chi connectivity index (χ4n) is 1.98. The number of carbonyl (C=O) groups is 1. The summed E-state index contributed by atoms with van der Waals surface area (Å²) in [4.78, 5) is 17.0. The normalized spacial score (nSPS) is 10.8. The van der Waals surface area contributed by atoms with Crippen LogP contribution in [0.3, 0.4) is 0 Å². The molecule has 0 radical (unpaired) electrons. The Labute approximate surface area is 136 Å². The van der Waals surface area contributed by atoms with Crippen LogP contribution in [0.15, 0.2) is 30.5 Å². The number of aromatic nitrogens is 3. The number of benzene rings is 1. The first-order valence-corrected chi connectivity index (χ1v) is 7.92. The number of anilines is 1. The monoisotopic (exact) mass is 335 g/mol. The van der Waals surface area contributed by atoms with E-state index in [4.69, 9.17) is 11.6 Å². The molecule has 2 N–H and O–H groups in total. The first kappa shape index (κ1) is 14.8. The minimum Gasteiger partial charge on any atom is -0.337 e. The molecule has 114 valence electrons. The molecular weight excluding hydrogens is 322 g/mol. The Hall–Kier alpha value is -2.12. The van der Waals surface area contributed by atoms with Crippen LogP contribution in [0.5, 0.6) is 0 Å². The lowest BCUT2D eigenvalue weighted by molar-refractivity contribution is 0.252. The topological polar surface area (TPSA) is 71.3 Å². The van der Waals surface area contributed by atoms with Gasteiger partial charge in [0.05, 0.1) is 11.9 Å². The van der Waals surface area contributed by atoms with Crippen LogP contribution in [-0.2, 0) is 6.42 Å². The second-order valence-corrected chi connectivity index (χ2v) is 6.22. The van der Waals surface area contributed by atoms with Gasteiger partial charge in [-0.3, -0.25) is 0 Å². The molecule has 0 aliphatic carbocycles. The summed E-state index contributed by atoms with van der Waals surface area (Å²) in [5.41, 5.74) is 1.61. The molecule has 6 nitrogen and oxygen atoms in total. The van der Waals surface area contributed by atoms with E-state index in [-0.39, 0.29) is 6.03 Å². The summed E-state index contributed by atoms with van der Waals surface area (Å²) in [5.74, 6) is 0. The quantitative estimate of drug-likeness (QED) is 0.769. The minimum absolute atomic E-state index is 0.264. The molecule has 0 spiro atoms. The lowest BCUT2D eigenvalue weighted by Crippen LogP contribution is -2.30. The van der Waals surface area contributed by atoms with Crippen molar-refractivity contribution in [2.45, 2.75) is 13.3 Å². The number of imidazole rings is 1. The Morgan fingerprint density at radius 1 is 1.45 bits per heavy atom. The van der Waals surface area contributed by atoms with Gasteiger partial charge in [0.25, 0.3) is 0 Å². The van der Waals surface area contributed by atoms with Crippen LogP contribution in [0.25, 0.3) is 4.96 Å². The number of urea groups is 1. The number of halogens is 1. The summed E-state index contributed by atoms with van der Waals surface area (Å²) in [5, 5.41) is 11.4. The molecule has 0 saturated carbocycles. The van der Waals surface area contributed by atoms with Gasteiger partial charge < -0.3 is 10.6 Å². The van der Waals surface area contributed by atoms with Crippen molar-refractivity contribution in [2.75, 3.05) is 11.9 Å². The van der Waals surface area contributed by atoms with Gasteiger partial charge in [-0.15, -0.1) is 0 Å². The van der Waals surface area contributed by atoms with Crippen LogP contribution in [0.1, 0.15) is 10.7 Å². The van der Waals surface area contributed by atoms with Gasteiger partial charge in [-0.25, -0.2) is 14.3 Å². The van der Waals surface area contributed by atoms with E-state index < -0.39 is 0 Å². The zero-order valence-corrected chi connectivity index (χ0v) is 13.4. The predicted molar refractivity (Wildman–Crippen MR) is 87.8 cm³/mol. The maximum atomic E-state index is 11.8. The molecule has 2 amide bonds. The molecule has 0 aliphatic heterocycles. The highest BCUT2D eigenvalue weighted by Crippen LogP contribution is 2.15. The van der Waals surface area contributed by atoms with Crippen molar-refractivity contribution in [1.82, 2.24) is 19.9 Å². The summed E-state index contributed by atoms with van der Waals surface area (Å²) in [6.45, 7) is 2.44. The van der Waals surface area contributed by atoms with Crippen molar-refractivity contribution in [3.05, 3.63) is 46.2 Å². The molecule has 2 heterocycles. The SMILES string of the molecule is Cc1cn2nc(CCNC(=O)Nc3cccc(Cl)c3)sc2n1. The Morgan fingerprint density at radius 3 is 3.09 bits per heavy atom. The third-order valence-corrected chi connectivity index (χ3v) is 4.13. The molecule has 0 unspecified atom stereocenters. The number of nitrogens with zero attached hydrogens (tertiary/aromatic N) is 3. The zero-order chi connectivity index (χ0) is 15.5. The van der Waals surface area contributed by atoms with Gasteiger partial charge in [0.15, 0.2) is 0 Å². The summed E-state index contributed by atoms with van der Waals surface area (Å²) in [7, 11) is 0. The third-order valence-electron chi connectivity index (χ3n) is 2.91. The molecule has 3 aromatic rings. The van der Waals surface area contributed by atoms with E-state index in [2.05, 4.69) is 20.7 Å². The number of rotatable bonds is 4. The van der Waals surface area contributed by atoms with E-state index in [9.17, 15) is 4.79 Å². The third kappa shape index (κ3) is 3.55. The van der Waals surface area contributed by atoms with Crippen LogP contribution in [0.2, 0.25) is 5.02 Å².